The Balaban J connectivity index is 1.58. The maximum absolute atomic E-state index is 12.2. The molecule has 2 aromatic rings. The summed E-state index contributed by atoms with van der Waals surface area (Å²) in [5.41, 5.74) is 1.16. The molecule has 0 saturated carbocycles. The van der Waals surface area contributed by atoms with Crippen LogP contribution in [0.4, 0.5) is 20.3 Å². The Morgan fingerprint density at radius 1 is 0.917 bits per heavy atom. The molecule has 5 nitrogen and oxygen atoms in total. The number of hydrogen-bond donors (Lipinski definition) is 0. The van der Waals surface area contributed by atoms with Gasteiger partial charge in [0.2, 0.25) is 0 Å². The number of anilines is 2. The minimum Gasteiger partial charge on any atom is -0.497 e. The van der Waals surface area contributed by atoms with E-state index in [0.29, 0.717) is 0 Å². The largest absolute Gasteiger partial charge is 0.497 e. The molecule has 0 aliphatic carbocycles. The summed E-state index contributed by atoms with van der Waals surface area (Å²) in [6, 6.07) is 11.2. The average molecular weight is 335 g/mol. The van der Waals surface area contributed by atoms with Gasteiger partial charge in [0.15, 0.2) is 0 Å². The van der Waals surface area contributed by atoms with Crippen molar-refractivity contribution in [3.8, 4) is 11.5 Å². The second kappa shape index (κ2) is 7.33. The van der Waals surface area contributed by atoms with Gasteiger partial charge in [0.25, 0.3) is 0 Å². The summed E-state index contributed by atoms with van der Waals surface area (Å²) in [6.45, 7) is 0.528. The van der Waals surface area contributed by atoms with Gasteiger partial charge in [-0.3, -0.25) is 0 Å². The maximum atomic E-state index is 12.2. The molecule has 0 bridgehead atoms. The van der Waals surface area contributed by atoms with Gasteiger partial charge in [-0.25, -0.2) is 4.98 Å². The monoisotopic (exact) mass is 335 g/mol. The molecule has 2 heterocycles. The molecule has 1 fully saturated rings. The summed E-state index contributed by atoms with van der Waals surface area (Å²) in [7, 11) is 1.65. The Kier molecular flexibility index (Phi) is 4.98. The molecule has 3 rings (SSSR count). The number of aromatic nitrogens is 1. The number of benzene rings is 1. The van der Waals surface area contributed by atoms with Gasteiger partial charge < -0.3 is 19.3 Å². The number of hydrogen-bond acceptors (Lipinski definition) is 5. The lowest BCUT2D eigenvalue weighted by molar-refractivity contribution is -0.0500. The average Bonchev–Trinajstić information content (AvgIpc) is 2.62. The fraction of sp³-hybridized carbons (Fsp3) is 0.353. The Bertz CT molecular complexity index is 642. The van der Waals surface area contributed by atoms with Crippen LogP contribution in [-0.2, 0) is 0 Å². The molecule has 0 unspecified atom stereocenters. The van der Waals surface area contributed by atoms with E-state index in [2.05, 4.69) is 19.5 Å². The number of rotatable bonds is 5. The van der Waals surface area contributed by atoms with Crippen molar-refractivity contribution in [1.82, 2.24) is 4.98 Å². The minimum absolute atomic E-state index is 0.0746. The molecule has 24 heavy (non-hydrogen) atoms. The number of halogens is 2. The highest BCUT2D eigenvalue weighted by Gasteiger charge is 2.18. The summed E-state index contributed by atoms with van der Waals surface area (Å²) in [5, 5.41) is 0. The number of pyridine rings is 1. The van der Waals surface area contributed by atoms with E-state index in [1.165, 1.54) is 12.3 Å². The molecule has 1 saturated heterocycles. The van der Waals surface area contributed by atoms with E-state index in [1.807, 2.05) is 24.3 Å². The van der Waals surface area contributed by atoms with Crippen LogP contribution in [0, 0.1) is 0 Å². The molecule has 0 atom stereocenters. The standard InChI is InChI=1S/C17H19F2N3O2/c1-23-14-4-2-13(3-5-14)21-8-10-22(11-9-21)16-7-6-15(12-20-16)24-17(18)19/h2-7,12,17H,8-11H2,1H3. The summed E-state index contributed by atoms with van der Waals surface area (Å²) in [4.78, 5) is 8.64. The van der Waals surface area contributed by atoms with Crippen molar-refractivity contribution >= 4 is 11.5 Å². The van der Waals surface area contributed by atoms with Gasteiger partial charge >= 0.3 is 6.61 Å². The zero-order chi connectivity index (χ0) is 16.9. The van der Waals surface area contributed by atoms with Crippen LogP contribution < -0.4 is 19.3 Å². The van der Waals surface area contributed by atoms with Crippen molar-refractivity contribution in [3.63, 3.8) is 0 Å². The van der Waals surface area contributed by atoms with E-state index in [4.69, 9.17) is 4.74 Å². The third-order valence-corrected chi connectivity index (χ3v) is 3.99. The third-order valence-electron chi connectivity index (χ3n) is 3.99. The lowest BCUT2D eigenvalue weighted by Gasteiger charge is -2.36. The van der Waals surface area contributed by atoms with Gasteiger partial charge in [-0.05, 0) is 36.4 Å². The fourth-order valence-electron chi connectivity index (χ4n) is 2.72. The van der Waals surface area contributed by atoms with Gasteiger partial charge in [-0.2, -0.15) is 8.78 Å². The highest BCUT2D eigenvalue weighted by Crippen LogP contribution is 2.23. The number of methoxy groups -OCH3 is 1. The zero-order valence-electron chi connectivity index (χ0n) is 13.4. The van der Waals surface area contributed by atoms with Crippen molar-refractivity contribution in [2.75, 3.05) is 43.1 Å². The summed E-state index contributed by atoms with van der Waals surface area (Å²) in [6.07, 6.45) is 1.33. The molecule has 0 N–H and O–H groups in total. The van der Waals surface area contributed by atoms with Gasteiger partial charge in [-0.15, -0.1) is 0 Å². The first-order valence-electron chi connectivity index (χ1n) is 7.70. The summed E-state index contributed by atoms with van der Waals surface area (Å²) in [5.74, 6) is 1.68. The Labute approximate surface area is 139 Å². The van der Waals surface area contributed by atoms with Crippen molar-refractivity contribution in [3.05, 3.63) is 42.6 Å². The van der Waals surface area contributed by atoms with Gasteiger partial charge in [-0.1, -0.05) is 0 Å². The third kappa shape index (κ3) is 3.84. The SMILES string of the molecule is COc1ccc(N2CCN(c3ccc(OC(F)F)cn3)CC2)cc1. The van der Waals surface area contributed by atoms with E-state index in [0.717, 1.165) is 43.4 Å². The predicted octanol–water partition coefficient (Wildman–Crippen LogP) is 3.02. The van der Waals surface area contributed by atoms with Gasteiger partial charge in [0, 0.05) is 31.9 Å². The van der Waals surface area contributed by atoms with E-state index in [-0.39, 0.29) is 5.75 Å². The molecule has 0 amide bonds. The van der Waals surface area contributed by atoms with Crippen molar-refractivity contribution < 1.29 is 18.3 Å². The van der Waals surface area contributed by atoms with Crippen molar-refractivity contribution in [2.24, 2.45) is 0 Å². The molecule has 0 radical (unpaired) electrons. The first kappa shape index (κ1) is 16.3. The summed E-state index contributed by atoms with van der Waals surface area (Å²) < 4.78 is 33.8. The van der Waals surface area contributed by atoms with Crippen LogP contribution in [-0.4, -0.2) is 44.9 Å². The van der Waals surface area contributed by atoms with E-state index in [9.17, 15) is 8.78 Å². The van der Waals surface area contributed by atoms with Crippen molar-refractivity contribution in [2.45, 2.75) is 6.61 Å². The molecule has 1 aromatic heterocycles. The zero-order valence-corrected chi connectivity index (χ0v) is 13.4. The lowest BCUT2D eigenvalue weighted by atomic mass is 10.2. The van der Waals surface area contributed by atoms with Crippen LogP contribution in [0.25, 0.3) is 0 Å². The molecule has 1 aromatic carbocycles. The number of piperazine rings is 1. The highest BCUT2D eigenvalue weighted by atomic mass is 19.3. The predicted molar refractivity (Wildman–Crippen MR) is 88.3 cm³/mol. The van der Waals surface area contributed by atoms with Crippen LogP contribution in [0.15, 0.2) is 42.6 Å². The molecular formula is C17H19F2N3O2. The Morgan fingerprint density at radius 3 is 2.08 bits per heavy atom. The van der Waals surface area contributed by atoms with E-state index < -0.39 is 6.61 Å². The van der Waals surface area contributed by atoms with Gasteiger partial charge in [0.1, 0.15) is 17.3 Å². The topological polar surface area (TPSA) is 37.8 Å². The Hall–Kier alpha value is -2.57. The molecule has 0 spiro atoms. The summed E-state index contributed by atoms with van der Waals surface area (Å²) >= 11 is 0. The molecule has 1 aliphatic rings. The van der Waals surface area contributed by atoms with E-state index >= 15 is 0 Å². The van der Waals surface area contributed by atoms with Crippen molar-refractivity contribution in [1.29, 1.82) is 0 Å². The number of ether oxygens (including phenoxy) is 2. The van der Waals surface area contributed by atoms with Crippen LogP contribution in [0.1, 0.15) is 0 Å². The molecule has 1 aliphatic heterocycles. The normalized spacial score (nSPS) is 14.8. The first-order valence-corrected chi connectivity index (χ1v) is 7.70. The minimum atomic E-state index is -2.83. The smallest absolute Gasteiger partial charge is 0.387 e. The second-order valence-electron chi connectivity index (χ2n) is 5.40. The molecule has 7 heteroatoms. The van der Waals surface area contributed by atoms with Gasteiger partial charge in [0.05, 0.1) is 13.3 Å². The number of alkyl halides is 2. The fourth-order valence-corrected chi connectivity index (χ4v) is 2.72. The molecular weight excluding hydrogens is 316 g/mol. The van der Waals surface area contributed by atoms with Crippen LogP contribution in [0.5, 0.6) is 11.5 Å². The number of nitrogens with zero attached hydrogens (tertiary/aromatic N) is 3. The lowest BCUT2D eigenvalue weighted by Crippen LogP contribution is -2.46. The second-order valence-corrected chi connectivity index (χ2v) is 5.40. The van der Waals surface area contributed by atoms with Crippen LogP contribution in [0.2, 0.25) is 0 Å². The highest BCUT2D eigenvalue weighted by molar-refractivity contribution is 5.51. The Morgan fingerprint density at radius 2 is 1.54 bits per heavy atom. The van der Waals surface area contributed by atoms with Crippen LogP contribution >= 0.6 is 0 Å². The molecule has 128 valence electrons. The van der Waals surface area contributed by atoms with Crippen LogP contribution in [0.3, 0.4) is 0 Å². The maximum Gasteiger partial charge on any atom is 0.387 e. The first-order chi connectivity index (χ1) is 11.7. The van der Waals surface area contributed by atoms with E-state index in [1.54, 1.807) is 13.2 Å². The quantitative estimate of drug-likeness (QED) is 0.840.